The molecule has 0 spiro atoms. The van der Waals surface area contributed by atoms with E-state index in [-0.39, 0.29) is 12.5 Å². The van der Waals surface area contributed by atoms with Gasteiger partial charge in [0.2, 0.25) is 0 Å². The predicted molar refractivity (Wildman–Crippen MR) is 77.3 cm³/mol. The molecule has 0 aliphatic carbocycles. The van der Waals surface area contributed by atoms with Crippen LogP contribution in [0.3, 0.4) is 0 Å². The number of amides is 1. The van der Waals surface area contributed by atoms with E-state index in [2.05, 4.69) is 32.3 Å². The second kappa shape index (κ2) is 7.22. The van der Waals surface area contributed by atoms with E-state index in [0.29, 0.717) is 24.1 Å². The minimum Gasteiger partial charge on any atom is -0.395 e. The number of aromatic nitrogens is 3. The summed E-state index contributed by atoms with van der Waals surface area (Å²) in [5.41, 5.74) is 2.97. The molecule has 0 fully saturated rings. The lowest BCUT2D eigenvalue weighted by Gasteiger charge is -2.04. The average Bonchev–Trinajstić information content (AvgIpc) is 2.91. The van der Waals surface area contributed by atoms with Crippen molar-refractivity contribution in [1.29, 1.82) is 0 Å². The number of H-pyrrole nitrogens is 1. The number of pyridine rings is 1. The van der Waals surface area contributed by atoms with Crippen LogP contribution in [0.15, 0.2) is 24.7 Å². The number of nitrogens with zero attached hydrogens (tertiary/aromatic N) is 2. The Hall–Kier alpha value is -2.65. The lowest BCUT2D eigenvalue weighted by atomic mass is 10.2. The third kappa shape index (κ3) is 4.16. The lowest BCUT2D eigenvalue weighted by molar-refractivity contribution is 0.0950. The Morgan fingerprint density at radius 1 is 1.43 bits per heavy atom. The lowest BCUT2D eigenvalue weighted by Crippen LogP contribution is -2.23. The van der Waals surface area contributed by atoms with Crippen molar-refractivity contribution in [2.75, 3.05) is 6.61 Å². The first kappa shape index (κ1) is 14.8. The van der Waals surface area contributed by atoms with E-state index in [1.807, 2.05) is 6.92 Å². The maximum atomic E-state index is 12.1. The number of aromatic amines is 1. The number of hydrogen-bond acceptors (Lipinski definition) is 4. The molecule has 0 radical (unpaired) electrons. The predicted octanol–water partition coefficient (Wildman–Crippen LogP) is 0.777. The summed E-state index contributed by atoms with van der Waals surface area (Å²) in [5.74, 6) is 5.43. The number of carbonyl (C=O) groups is 1. The number of hydrogen-bond donors (Lipinski definition) is 3. The van der Waals surface area contributed by atoms with Gasteiger partial charge in [-0.2, -0.15) is 5.10 Å². The van der Waals surface area contributed by atoms with Gasteiger partial charge in [0, 0.05) is 42.2 Å². The minimum absolute atomic E-state index is 0.0185. The first-order valence-electron chi connectivity index (χ1n) is 6.52. The first-order valence-corrected chi connectivity index (χ1v) is 6.52. The van der Waals surface area contributed by atoms with Crippen molar-refractivity contribution in [2.24, 2.45) is 0 Å². The minimum atomic E-state index is -0.214. The zero-order chi connectivity index (χ0) is 15.1. The van der Waals surface area contributed by atoms with E-state index in [1.54, 1.807) is 18.5 Å². The van der Waals surface area contributed by atoms with Crippen molar-refractivity contribution in [1.82, 2.24) is 20.5 Å². The maximum Gasteiger partial charge on any atom is 0.253 e. The molecule has 0 aliphatic heterocycles. The molecule has 6 nitrogen and oxygen atoms in total. The molecule has 0 aliphatic rings. The molecule has 0 atom stereocenters. The normalized spacial score (nSPS) is 9.81. The fraction of sp³-hybridized carbons (Fsp3) is 0.267. The molecule has 3 N–H and O–H groups in total. The second-order valence-electron chi connectivity index (χ2n) is 4.44. The van der Waals surface area contributed by atoms with E-state index < -0.39 is 0 Å². The van der Waals surface area contributed by atoms with Gasteiger partial charge in [-0.05, 0) is 13.0 Å². The standard InChI is InChI=1S/C15H16N4O2/c1-11-14(10-18-19-11)9-17-15(21)13-6-12(7-16-8-13)4-2-3-5-20/h6-8,10,20H,3,5,9H2,1H3,(H,17,21)(H,18,19). The molecule has 2 rings (SSSR count). The molecular formula is C15H16N4O2. The zero-order valence-corrected chi connectivity index (χ0v) is 11.7. The van der Waals surface area contributed by atoms with Crippen LogP contribution in [0.5, 0.6) is 0 Å². The van der Waals surface area contributed by atoms with Gasteiger partial charge in [-0.3, -0.25) is 14.9 Å². The monoisotopic (exact) mass is 284 g/mol. The highest BCUT2D eigenvalue weighted by atomic mass is 16.2. The molecule has 0 aromatic carbocycles. The Labute approximate surface area is 122 Å². The van der Waals surface area contributed by atoms with Gasteiger partial charge in [0.25, 0.3) is 5.91 Å². The summed E-state index contributed by atoms with van der Waals surface area (Å²) < 4.78 is 0. The van der Waals surface area contributed by atoms with E-state index in [9.17, 15) is 4.79 Å². The Kier molecular flexibility index (Phi) is 5.07. The molecular weight excluding hydrogens is 268 g/mol. The Bertz CT molecular complexity index is 682. The second-order valence-corrected chi connectivity index (χ2v) is 4.44. The summed E-state index contributed by atoms with van der Waals surface area (Å²) in [6.45, 7) is 2.32. The number of aliphatic hydroxyl groups is 1. The van der Waals surface area contributed by atoms with Gasteiger partial charge >= 0.3 is 0 Å². The third-order valence-electron chi connectivity index (χ3n) is 2.84. The van der Waals surface area contributed by atoms with E-state index >= 15 is 0 Å². The number of rotatable bonds is 4. The number of nitrogens with one attached hydrogen (secondary N) is 2. The molecule has 2 aromatic rings. The van der Waals surface area contributed by atoms with Crippen molar-refractivity contribution in [3.63, 3.8) is 0 Å². The first-order chi connectivity index (χ1) is 10.2. The molecule has 0 unspecified atom stereocenters. The highest BCUT2D eigenvalue weighted by Crippen LogP contribution is 2.04. The van der Waals surface area contributed by atoms with Gasteiger partial charge < -0.3 is 10.4 Å². The zero-order valence-electron chi connectivity index (χ0n) is 11.7. The fourth-order valence-electron chi connectivity index (χ4n) is 1.68. The molecule has 2 heterocycles. The van der Waals surface area contributed by atoms with E-state index in [4.69, 9.17) is 5.11 Å². The number of aryl methyl sites for hydroxylation is 1. The van der Waals surface area contributed by atoms with Crippen LogP contribution in [0.1, 0.15) is 33.6 Å². The number of carbonyl (C=O) groups excluding carboxylic acids is 1. The molecule has 0 saturated heterocycles. The van der Waals surface area contributed by atoms with Crippen LogP contribution in [0, 0.1) is 18.8 Å². The highest BCUT2D eigenvalue weighted by molar-refractivity contribution is 5.94. The SMILES string of the molecule is Cc1[nH]ncc1CNC(=O)c1cncc(C#CCCO)c1. The molecule has 2 aromatic heterocycles. The van der Waals surface area contributed by atoms with Crippen LogP contribution in [0.2, 0.25) is 0 Å². The molecule has 1 amide bonds. The summed E-state index contributed by atoms with van der Waals surface area (Å²) in [7, 11) is 0. The molecule has 21 heavy (non-hydrogen) atoms. The average molecular weight is 284 g/mol. The maximum absolute atomic E-state index is 12.1. The van der Waals surface area contributed by atoms with Crippen LogP contribution in [-0.2, 0) is 6.54 Å². The molecule has 0 bridgehead atoms. The highest BCUT2D eigenvalue weighted by Gasteiger charge is 2.07. The van der Waals surface area contributed by atoms with Crippen LogP contribution >= 0.6 is 0 Å². The van der Waals surface area contributed by atoms with E-state index in [1.165, 1.54) is 6.20 Å². The van der Waals surface area contributed by atoms with Crippen molar-refractivity contribution in [3.8, 4) is 11.8 Å². The third-order valence-corrected chi connectivity index (χ3v) is 2.84. The Balaban J connectivity index is 2.01. The summed E-state index contributed by atoms with van der Waals surface area (Å²) >= 11 is 0. The van der Waals surface area contributed by atoms with Crippen molar-refractivity contribution in [2.45, 2.75) is 19.9 Å². The van der Waals surface area contributed by atoms with E-state index in [0.717, 1.165) is 11.3 Å². The van der Waals surface area contributed by atoms with Crippen molar-refractivity contribution in [3.05, 3.63) is 47.0 Å². The van der Waals surface area contributed by atoms with Gasteiger partial charge in [0.05, 0.1) is 18.4 Å². The largest absolute Gasteiger partial charge is 0.395 e. The molecule has 108 valence electrons. The summed E-state index contributed by atoms with van der Waals surface area (Å²) in [4.78, 5) is 16.1. The van der Waals surface area contributed by atoms with Crippen LogP contribution in [0.4, 0.5) is 0 Å². The van der Waals surface area contributed by atoms with Crippen molar-refractivity contribution < 1.29 is 9.90 Å². The smallest absolute Gasteiger partial charge is 0.253 e. The van der Waals surface area contributed by atoms with Gasteiger partial charge in [-0.15, -0.1) is 0 Å². The van der Waals surface area contributed by atoms with Gasteiger partial charge in [0.15, 0.2) is 0 Å². The molecule has 6 heteroatoms. The summed E-state index contributed by atoms with van der Waals surface area (Å²) in [6, 6.07) is 1.68. The van der Waals surface area contributed by atoms with Crippen molar-refractivity contribution >= 4 is 5.91 Å². The number of aliphatic hydroxyl groups excluding tert-OH is 1. The Morgan fingerprint density at radius 3 is 3.00 bits per heavy atom. The Morgan fingerprint density at radius 2 is 2.29 bits per heavy atom. The summed E-state index contributed by atoms with van der Waals surface area (Å²) in [5, 5.41) is 18.2. The molecule has 0 saturated carbocycles. The van der Waals surface area contributed by atoms with Crippen LogP contribution in [0.25, 0.3) is 0 Å². The van der Waals surface area contributed by atoms with Gasteiger partial charge in [-0.1, -0.05) is 11.8 Å². The summed E-state index contributed by atoms with van der Waals surface area (Å²) in [6.07, 6.45) is 5.16. The quantitative estimate of drug-likeness (QED) is 0.723. The van der Waals surface area contributed by atoms with Gasteiger partial charge in [-0.25, -0.2) is 0 Å². The van der Waals surface area contributed by atoms with Gasteiger partial charge in [0.1, 0.15) is 0 Å². The van der Waals surface area contributed by atoms with Crippen LogP contribution < -0.4 is 5.32 Å². The van der Waals surface area contributed by atoms with Crippen LogP contribution in [-0.4, -0.2) is 32.8 Å². The fourth-order valence-corrected chi connectivity index (χ4v) is 1.68. The topological polar surface area (TPSA) is 90.9 Å².